The van der Waals surface area contributed by atoms with Gasteiger partial charge in [-0.15, -0.1) is 0 Å². The largest absolute Gasteiger partial charge is 0.466 e. The molecule has 0 aliphatic heterocycles. The highest BCUT2D eigenvalue weighted by Crippen LogP contribution is 2.14. The number of hydrogen-bond donors (Lipinski definition) is 3. The molecule has 2 unspecified atom stereocenters. The maximum absolute atomic E-state index is 12.4. The highest BCUT2D eigenvalue weighted by Gasteiger charge is 2.18. The van der Waals surface area contributed by atoms with Crippen LogP contribution in [0.2, 0.25) is 0 Å². The molecule has 0 aliphatic rings. The van der Waals surface area contributed by atoms with E-state index in [9.17, 15) is 19.8 Å². The highest BCUT2D eigenvalue weighted by atomic mass is 16.5. The Hall–Kier alpha value is -2.18. The van der Waals surface area contributed by atoms with Crippen LogP contribution in [0.15, 0.2) is 48.6 Å². The number of esters is 1. The van der Waals surface area contributed by atoms with E-state index in [1.807, 2.05) is 6.08 Å². The lowest BCUT2D eigenvalue weighted by Gasteiger charge is -2.20. The summed E-state index contributed by atoms with van der Waals surface area (Å²) in [6, 6.07) is -0.640. The third-order valence-electron chi connectivity index (χ3n) is 12.1. The quantitative estimate of drug-likeness (QED) is 0.0322. The summed E-state index contributed by atoms with van der Waals surface area (Å²) in [5.41, 5.74) is 0. The number of ether oxygens (including phenoxy) is 1. The third-order valence-corrected chi connectivity index (χ3v) is 12.1. The summed E-state index contributed by atoms with van der Waals surface area (Å²) in [5, 5.41) is 23.0. The van der Waals surface area contributed by atoms with Crippen LogP contribution < -0.4 is 5.32 Å². The Kier molecular flexibility index (Phi) is 49.6. The minimum atomic E-state index is -0.855. The smallest absolute Gasteiger partial charge is 0.305 e. The molecule has 0 aromatic heterocycles. The summed E-state index contributed by atoms with van der Waals surface area (Å²) >= 11 is 0. The Balaban J connectivity index is 3.53. The maximum atomic E-state index is 12.4. The number of aliphatic hydroxyl groups excluding tert-OH is 2. The Morgan fingerprint density at radius 1 is 0.452 bits per heavy atom. The van der Waals surface area contributed by atoms with Gasteiger partial charge in [-0.05, 0) is 96.3 Å². The standard InChI is InChI=1S/C56H103NO5/c1-3-5-7-9-11-13-15-17-21-26-30-34-38-42-46-50-56(61)62-51-47-43-39-35-31-27-23-20-18-19-22-25-29-33-37-41-45-49-55(60)57-53(52-58)54(59)48-44-40-36-32-28-24-16-14-12-10-8-6-4-2/h17-18,20-21,27,31,44,48,53-54,58-59H,3-16,19,22-26,28-30,32-43,45-47,49-52H2,1-2H3,(H,57,60)/b20-18-,21-17-,31-27-,48-44+. The molecule has 362 valence electrons. The normalized spacial score (nSPS) is 13.0. The van der Waals surface area contributed by atoms with Crippen LogP contribution in [0.1, 0.15) is 271 Å². The first-order chi connectivity index (χ1) is 30.5. The fraction of sp³-hybridized carbons (Fsp3) is 0.821. The van der Waals surface area contributed by atoms with Crippen molar-refractivity contribution in [3.8, 4) is 0 Å². The molecule has 0 saturated heterocycles. The third kappa shape index (κ3) is 47.3. The average molecular weight is 870 g/mol. The molecule has 0 aromatic rings. The van der Waals surface area contributed by atoms with E-state index in [0.717, 1.165) is 83.5 Å². The van der Waals surface area contributed by atoms with Gasteiger partial charge in [-0.1, -0.05) is 210 Å². The molecule has 0 saturated carbocycles. The van der Waals surface area contributed by atoms with Gasteiger partial charge in [0, 0.05) is 12.8 Å². The van der Waals surface area contributed by atoms with Crippen molar-refractivity contribution >= 4 is 11.9 Å². The molecule has 0 radical (unpaired) electrons. The van der Waals surface area contributed by atoms with Crippen LogP contribution in [-0.4, -0.2) is 47.4 Å². The van der Waals surface area contributed by atoms with Gasteiger partial charge in [0.25, 0.3) is 0 Å². The molecule has 62 heavy (non-hydrogen) atoms. The van der Waals surface area contributed by atoms with E-state index < -0.39 is 12.1 Å². The van der Waals surface area contributed by atoms with Gasteiger partial charge in [0.05, 0.1) is 25.4 Å². The second kappa shape index (κ2) is 51.5. The fourth-order valence-electron chi connectivity index (χ4n) is 7.89. The van der Waals surface area contributed by atoms with Crippen molar-refractivity contribution in [2.75, 3.05) is 13.2 Å². The number of aliphatic hydroxyl groups is 2. The van der Waals surface area contributed by atoms with Gasteiger partial charge in [0.2, 0.25) is 5.91 Å². The first-order valence-corrected chi connectivity index (χ1v) is 26.9. The zero-order valence-electron chi connectivity index (χ0n) is 41.1. The van der Waals surface area contributed by atoms with Crippen LogP contribution >= 0.6 is 0 Å². The number of unbranched alkanes of at least 4 members (excludes halogenated alkanes) is 32. The molecule has 0 fully saturated rings. The van der Waals surface area contributed by atoms with Crippen LogP contribution in [0.4, 0.5) is 0 Å². The van der Waals surface area contributed by atoms with Gasteiger partial charge >= 0.3 is 5.97 Å². The molecule has 2 atom stereocenters. The molecule has 0 heterocycles. The topological polar surface area (TPSA) is 95.9 Å². The molecule has 6 nitrogen and oxygen atoms in total. The molecule has 0 aromatic carbocycles. The van der Waals surface area contributed by atoms with E-state index >= 15 is 0 Å². The number of carbonyl (C=O) groups is 2. The minimum absolute atomic E-state index is 0.0252. The van der Waals surface area contributed by atoms with E-state index in [2.05, 4.69) is 55.6 Å². The van der Waals surface area contributed by atoms with Gasteiger partial charge in [-0.2, -0.15) is 0 Å². The summed E-state index contributed by atoms with van der Waals surface area (Å²) < 4.78 is 5.44. The zero-order chi connectivity index (χ0) is 45.1. The molecule has 0 rings (SSSR count). The zero-order valence-corrected chi connectivity index (χ0v) is 41.1. The van der Waals surface area contributed by atoms with E-state index in [1.165, 1.54) is 161 Å². The molecular weight excluding hydrogens is 767 g/mol. The number of hydrogen-bond acceptors (Lipinski definition) is 5. The van der Waals surface area contributed by atoms with E-state index in [-0.39, 0.29) is 18.5 Å². The predicted molar refractivity (Wildman–Crippen MR) is 269 cm³/mol. The lowest BCUT2D eigenvalue weighted by atomic mass is 10.0. The molecular formula is C56H103NO5. The molecule has 3 N–H and O–H groups in total. The fourth-order valence-corrected chi connectivity index (χ4v) is 7.89. The van der Waals surface area contributed by atoms with Gasteiger partial charge in [-0.3, -0.25) is 9.59 Å². The number of amides is 1. The van der Waals surface area contributed by atoms with Crippen LogP contribution in [0.3, 0.4) is 0 Å². The second-order valence-corrected chi connectivity index (χ2v) is 18.2. The first kappa shape index (κ1) is 59.8. The van der Waals surface area contributed by atoms with E-state index in [4.69, 9.17) is 4.74 Å². The molecule has 0 spiro atoms. The summed E-state index contributed by atoms with van der Waals surface area (Å²) in [6.07, 6.45) is 64.0. The van der Waals surface area contributed by atoms with Gasteiger partial charge < -0.3 is 20.3 Å². The lowest BCUT2D eigenvalue weighted by Crippen LogP contribution is -2.45. The molecule has 0 aliphatic carbocycles. The highest BCUT2D eigenvalue weighted by molar-refractivity contribution is 5.76. The predicted octanol–water partition coefficient (Wildman–Crippen LogP) is 16.2. The Morgan fingerprint density at radius 3 is 1.24 bits per heavy atom. The Labute approximate surface area is 385 Å². The van der Waals surface area contributed by atoms with Gasteiger partial charge in [0.15, 0.2) is 0 Å². The van der Waals surface area contributed by atoms with Crippen molar-refractivity contribution in [2.45, 2.75) is 283 Å². The van der Waals surface area contributed by atoms with Crippen molar-refractivity contribution < 1.29 is 24.5 Å². The molecule has 6 heteroatoms. The Bertz CT molecular complexity index is 1050. The first-order valence-electron chi connectivity index (χ1n) is 26.9. The van der Waals surface area contributed by atoms with Crippen LogP contribution in [0, 0.1) is 0 Å². The summed E-state index contributed by atoms with van der Waals surface area (Å²) in [7, 11) is 0. The number of rotatable bonds is 49. The van der Waals surface area contributed by atoms with Crippen LogP contribution in [0.25, 0.3) is 0 Å². The van der Waals surface area contributed by atoms with Gasteiger partial charge in [-0.25, -0.2) is 0 Å². The second-order valence-electron chi connectivity index (χ2n) is 18.2. The maximum Gasteiger partial charge on any atom is 0.305 e. The summed E-state index contributed by atoms with van der Waals surface area (Å²) in [6.45, 7) is 4.84. The van der Waals surface area contributed by atoms with Crippen molar-refractivity contribution in [1.29, 1.82) is 0 Å². The summed E-state index contributed by atoms with van der Waals surface area (Å²) in [4.78, 5) is 24.4. The van der Waals surface area contributed by atoms with Crippen LogP contribution in [0.5, 0.6) is 0 Å². The molecule has 1 amide bonds. The Morgan fingerprint density at radius 2 is 0.806 bits per heavy atom. The van der Waals surface area contributed by atoms with Gasteiger partial charge in [0.1, 0.15) is 0 Å². The van der Waals surface area contributed by atoms with Crippen molar-refractivity contribution in [3.63, 3.8) is 0 Å². The number of carbonyl (C=O) groups excluding carboxylic acids is 2. The number of nitrogens with one attached hydrogen (secondary N) is 1. The van der Waals surface area contributed by atoms with Crippen molar-refractivity contribution in [1.82, 2.24) is 5.32 Å². The number of allylic oxidation sites excluding steroid dienone is 7. The minimum Gasteiger partial charge on any atom is -0.466 e. The van der Waals surface area contributed by atoms with E-state index in [0.29, 0.717) is 19.4 Å². The average Bonchev–Trinajstić information content (AvgIpc) is 3.27. The van der Waals surface area contributed by atoms with E-state index in [1.54, 1.807) is 6.08 Å². The SMILES string of the molecule is CCCCCCCC/C=C\CCCCCCCC(=O)OCCCCC/C=C\C/C=C\CCCCCCCCCC(=O)NC(CO)C(O)/C=C/CCCCCCCCCCCCC. The summed E-state index contributed by atoms with van der Waals surface area (Å²) in [5.74, 6) is -0.111. The van der Waals surface area contributed by atoms with Crippen molar-refractivity contribution in [2.24, 2.45) is 0 Å². The molecule has 0 bridgehead atoms. The lowest BCUT2D eigenvalue weighted by molar-refractivity contribution is -0.143. The monoisotopic (exact) mass is 870 g/mol. The van der Waals surface area contributed by atoms with Crippen LogP contribution in [-0.2, 0) is 14.3 Å². The van der Waals surface area contributed by atoms with Crippen molar-refractivity contribution in [3.05, 3.63) is 48.6 Å².